The van der Waals surface area contributed by atoms with Crippen LogP contribution in [0.15, 0.2) is 0 Å². The molecule has 1 N–H and O–H groups in total. The van der Waals surface area contributed by atoms with E-state index in [1.807, 2.05) is 0 Å². The molecular formula is C11H23NO. The van der Waals surface area contributed by atoms with Gasteiger partial charge in [-0.3, -0.25) is 5.32 Å². The molecule has 1 rings (SSSR count). The number of hydrogen-bond donors (Lipinski definition) is 1. The van der Waals surface area contributed by atoms with Crippen molar-refractivity contribution in [3.8, 4) is 0 Å². The van der Waals surface area contributed by atoms with Gasteiger partial charge in [0.2, 0.25) is 0 Å². The summed E-state index contributed by atoms with van der Waals surface area (Å²) in [6.07, 6.45) is 1.05. The van der Waals surface area contributed by atoms with Crippen LogP contribution in [0.2, 0.25) is 0 Å². The summed E-state index contributed by atoms with van der Waals surface area (Å²) in [6, 6.07) is 0. The van der Waals surface area contributed by atoms with Gasteiger partial charge in [0, 0.05) is 5.54 Å². The molecule has 0 aromatic carbocycles. The average Bonchev–Trinajstić information content (AvgIpc) is 2.00. The Morgan fingerprint density at radius 2 is 1.77 bits per heavy atom. The zero-order valence-corrected chi connectivity index (χ0v) is 9.82. The van der Waals surface area contributed by atoms with Crippen LogP contribution in [0.5, 0.6) is 0 Å². The van der Waals surface area contributed by atoms with Gasteiger partial charge in [0.25, 0.3) is 0 Å². The van der Waals surface area contributed by atoms with E-state index in [1.165, 1.54) is 0 Å². The van der Waals surface area contributed by atoms with E-state index in [2.05, 4.69) is 46.9 Å². The maximum Gasteiger partial charge on any atom is 0.117 e. The minimum atomic E-state index is -0.137. The second-order valence-electron chi connectivity index (χ2n) is 6.27. The molecule has 0 aromatic rings. The van der Waals surface area contributed by atoms with Crippen LogP contribution < -0.4 is 5.32 Å². The molecular weight excluding hydrogens is 162 g/mol. The Bertz CT molecular complexity index is 193. The summed E-state index contributed by atoms with van der Waals surface area (Å²) in [5, 5.41) is 3.54. The lowest BCUT2D eigenvalue weighted by molar-refractivity contribution is -0.0243. The molecule has 78 valence electrons. The lowest BCUT2D eigenvalue weighted by atomic mass is 9.86. The summed E-state index contributed by atoms with van der Waals surface area (Å²) in [4.78, 5) is 0. The minimum absolute atomic E-state index is 0.125. The number of nitrogens with one attached hydrogen (secondary N) is 1. The number of rotatable bonds is 1. The molecule has 0 spiro atoms. The summed E-state index contributed by atoms with van der Waals surface area (Å²) in [6.45, 7) is 14.0. The summed E-state index contributed by atoms with van der Waals surface area (Å²) >= 11 is 0. The fourth-order valence-corrected chi connectivity index (χ4v) is 2.23. The molecule has 0 saturated carbocycles. The van der Waals surface area contributed by atoms with Crippen LogP contribution in [0.3, 0.4) is 0 Å². The Kier molecular flexibility index (Phi) is 2.50. The highest BCUT2D eigenvalue weighted by atomic mass is 16.5. The highest BCUT2D eigenvalue weighted by molar-refractivity contribution is 4.93. The van der Waals surface area contributed by atoms with Crippen molar-refractivity contribution in [2.75, 3.05) is 6.61 Å². The molecule has 0 aromatic heterocycles. The normalized spacial score (nSPS) is 33.7. The van der Waals surface area contributed by atoms with Crippen LogP contribution >= 0.6 is 0 Å². The van der Waals surface area contributed by atoms with E-state index in [4.69, 9.17) is 4.74 Å². The zero-order chi connectivity index (χ0) is 10.3. The summed E-state index contributed by atoms with van der Waals surface area (Å²) in [5.74, 6) is 0. The number of hydrogen-bond acceptors (Lipinski definition) is 2. The van der Waals surface area contributed by atoms with Crippen molar-refractivity contribution in [1.29, 1.82) is 0 Å². The van der Waals surface area contributed by atoms with Gasteiger partial charge >= 0.3 is 0 Å². The predicted octanol–water partition coefficient (Wildman–Crippen LogP) is 2.54. The van der Waals surface area contributed by atoms with Crippen molar-refractivity contribution in [1.82, 2.24) is 5.32 Å². The maximum atomic E-state index is 5.82. The molecule has 2 heteroatoms. The van der Waals surface area contributed by atoms with E-state index in [1.54, 1.807) is 0 Å². The second kappa shape index (κ2) is 2.96. The lowest BCUT2D eigenvalue weighted by Gasteiger charge is -2.33. The molecule has 1 unspecified atom stereocenters. The molecule has 2 nitrogen and oxygen atoms in total. The Balaban J connectivity index is 2.60. The minimum Gasteiger partial charge on any atom is -0.359 e. The molecule has 13 heavy (non-hydrogen) atoms. The molecule has 0 amide bonds. The maximum absolute atomic E-state index is 5.82. The van der Waals surface area contributed by atoms with E-state index in [0.717, 1.165) is 13.0 Å². The van der Waals surface area contributed by atoms with Gasteiger partial charge in [-0.1, -0.05) is 20.8 Å². The van der Waals surface area contributed by atoms with Crippen molar-refractivity contribution in [3.63, 3.8) is 0 Å². The van der Waals surface area contributed by atoms with Gasteiger partial charge in [-0.05, 0) is 32.6 Å². The van der Waals surface area contributed by atoms with E-state index >= 15 is 0 Å². The fraction of sp³-hybridized carbons (Fsp3) is 1.00. The smallest absolute Gasteiger partial charge is 0.117 e. The number of ether oxygens (including phenoxy) is 1. The zero-order valence-electron chi connectivity index (χ0n) is 9.82. The topological polar surface area (TPSA) is 21.3 Å². The molecule has 1 fully saturated rings. The van der Waals surface area contributed by atoms with Crippen LogP contribution in [0.4, 0.5) is 0 Å². The highest BCUT2D eigenvalue weighted by Crippen LogP contribution is 2.33. The Labute approximate surface area is 82.0 Å². The van der Waals surface area contributed by atoms with Gasteiger partial charge in [0.05, 0.1) is 6.61 Å². The molecule has 1 aliphatic rings. The van der Waals surface area contributed by atoms with E-state index < -0.39 is 0 Å². The van der Waals surface area contributed by atoms with Crippen LogP contribution in [0.25, 0.3) is 0 Å². The van der Waals surface area contributed by atoms with E-state index in [0.29, 0.717) is 5.41 Å². The SMILES string of the molecule is CC(C)(C)CC1(C)NC(C)(C)CO1. The molecule has 0 radical (unpaired) electrons. The van der Waals surface area contributed by atoms with E-state index in [-0.39, 0.29) is 11.3 Å². The molecule has 0 bridgehead atoms. The van der Waals surface area contributed by atoms with Crippen LogP contribution in [0.1, 0.15) is 48.0 Å². The molecule has 1 saturated heterocycles. The molecule has 1 heterocycles. The standard InChI is InChI=1S/C11H23NO/c1-9(2,3)7-11(6)12-10(4,5)8-13-11/h12H,7-8H2,1-6H3. The van der Waals surface area contributed by atoms with Crippen molar-refractivity contribution in [3.05, 3.63) is 0 Å². The van der Waals surface area contributed by atoms with E-state index in [9.17, 15) is 0 Å². The highest BCUT2D eigenvalue weighted by Gasteiger charge is 2.41. The third-order valence-electron chi connectivity index (χ3n) is 2.22. The van der Waals surface area contributed by atoms with Crippen LogP contribution in [0, 0.1) is 5.41 Å². The van der Waals surface area contributed by atoms with Crippen LogP contribution in [-0.2, 0) is 4.74 Å². The first-order valence-electron chi connectivity index (χ1n) is 5.05. The Hall–Kier alpha value is -0.0800. The molecule has 0 aliphatic carbocycles. The van der Waals surface area contributed by atoms with Crippen LogP contribution in [-0.4, -0.2) is 17.9 Å². The first-order chi connectivity index (χ1) is 5.62. The van der Waals surface area contributed by atoms with Gasteiger partial charge in [-0.2, -0.15) is 0 Å². The quantitative estimate of drug-likeness (QED) is 0.678. The van der Waals surface area contributed by atoms with Gasteiger partial charge in [0.1, 0.15) is 5.72 Å². The average molecular weight is 185 g/mol. The second-order valence-corrected chi connectivity index (χ2v) is 6.27. The third-order valence-corrected chi connectivity index (χ3v) is 2.22. The summed E-state index contributed by atoms with van der Waals surface area (Å²) in [5.41, 5.74) is 0.296. The monoisotopic (exact) mass is 185 g/mol. The lowest BCUT2D eigenvalue weighted by Crippen LogP contribution is -2.48. The van der Waals surface area contributed by atoms with Crippen molar-refractivity contribution < 1.29 is 4.74 Å². The van der Waals surface area contributed by atoms with Gasteiger partial charge in [-0.25, -0.2) is 0 Å². The Morgan fingerprint density at radius 1 is 1.23 bits per heavy atom. The van der Waals surface area contributed by atoms with Gasteiger partial charge in [0.15, 0.2) is 0 Å². The largest absolute Gasteiger partial charge is 0.359 e. The summed E-state index contributed by atoms with van der Waals surface area (Å²) in [7, 11) is 0. The predicted molar refractivity (Wildman–Crippen MR) is 55.6 cm³/mol. The first-order valence-corrected chi connectivity index (χ1v) is 5.05. The van der Waals surface area contributed by atoms with Crippen molar-refractivity contribution in [2.45, 2.75) is 59.2 Å². The summed E-state index contributed by atoms with van der Waals surface area (Å²) < 4.78 is 5.82. The fourth-order valence-electron chi connectivity index (χ4n) is 2.23. The Morgan fingerprint density at radius 3 is 2.08 bits per heavy atom. The van der Waals surface area contributed by atoms with Crippen molar-refractivity contribution >= 4 is 0 Å². The van der Waals surface area contributed by atoms with Gasteiger partial charge < -0.3 is 4.74 Å². The first kappa shape index (κ1) is 11.0. The molecule has 1 atom stereocenters. The van der Waals surface area contributed by atoms with Crippen molar-refractivity contribution in [2.24, 2.45) is 5.41 Å². The molecule has 1 aliphatic heterocycles. The third kappa shape index (κ3) is 3.28. The van der Waals surface area contributed by atoms with Gasteiger partial charge in [-0.15, -0.1) is 0 Å².